The highest BCUT2D eigenvalue weighted by molar-refractivity contribution is 6.05. The number of aromatic nitrogens is 3. The third-order valence-electron chi connectivity index (χ3n) is 5.97. The predicted molar refractivity (Wildman–Crippen MR) is 129 cm³/mol. The lowest BCUT2D eigenvalue weighted by Gasteiger charge is -2.37. The molecule has 0 radical (unpaired) electrons. The number of anilines is 2. The molecule has 4 aromatic rings. The highest BCUT2D eigenvalue weighted by Crippen LogP contribution is 2.31. The number of pyridine rings is 1. The summed E-state index contributed by atoms with van der Waals surface area (Å²) in [6.07, 6.45) is 1.63. The largest absolute Gasteiger partial charge is 0.462 e. The monoisotopic (exact) mass is 442 g/mol. The van der Waals surface area contributed by atoms with Crippen molar-refractivity contribution in [2.75, 3.05) is 43.4 Å². The maximum atomic E-state index is 12.7. The van der Waals surface area contributed by atoms with Crippen molar-refractivity contribution in [3.63, 3.8) is 0 Å². The van der Waals surface area contributed by atoms with Gasteiger partial charge in [0.15, 0.2) is 0 Å². The van der Waals surface area contributed by atoms with Crippen LogP contribution in [-0.4, -0.2) is 58.6 Å². The summed E-state index contributed by atoms with van der Waals surface area (Å²) in [6.45, 7) is 5.93. The van der Waals surface area contributed by atoms with E-state index in [0.29, 0.717) is 24.5 Å². The summed E-state index contributed by atoms with van der Waals surface area (Å²) in [7, 11) is 0. The van der Waals surface area contributed by atoms with E-state index in [0.717, 1.165) is 59.5 Å². The Bertz CT molecular complexity index is 1320. The van der Waals surface area contributed by atoms with Crippen molar-refractivity contribution in [3.05, 3.63) is 66.1 Å². The summed E-state index contributed by atoms with van der Waals surface area (Å²) in [6, 6.07) is 15.7. The molecule has 8 nitrogen and oxygen atoms in total. The van der Waals surface area contributed by atoms with Crippen LogP contribution in [0.3, 0.4) is 0 Å². The molecule has 1 aliphatic rings. The van der Waals surface area contributed by atoms with Crippen LogP contribution in [0, 0.1) is 0 Å². The maximum Gasteiger partial charge on any atom is 0.341 e. The molecule has 0 atom stereocenters. The average Bonchev–Trinajstić information content (AvgIpc) is 2.84. The fourth-order valence-electron chi connectivity index (χ4n) is 4.38. The highest BCUT2D eigenvalue weighted by atomic mass is 16.5. The van der Waals surface area contributed by atoms with Crippen molar-refractivity contribution < 1.29 is 9.53 Å². The molecule has 0 saturated carbocycles. The van der Waals surface area contributed by atoms with Crippen molar-refractivity contribution in [2.45, 2.75) is 13.5 Å². The molecule has 168 valence electrons. The van der Waals surface area contributed by atoms with E-state index in [1.165, 1.54) is 0 Å². The molecule has 5 rings (SSSR count). The molecule has 0 spiro atoms. The first-order valence-electron chi connectivity index (χ1n) is 11.2. The first-order chi connectivity index (χ1) is 16.1. The van der Waals surface area contributed by atoms with Crippen molar-refractivity contribution in [2.24, 2.45) is 0 Å². The van der Waals surface area contributed by atoms with Gasteiger partial charge in [0.2, 0.25) is 0 Å². The second-order valence-electron chi connectivity index (χ2n) is 8.06. The maximum absolute atomic E-state index is 12.7. The molecule has 8 heteroatoms. The fourth-order valence-corrected chi connectivity index (χ4v) is 4.38. The van der Waals surface area contributed by atoms with Gasteiger partial charge in [0.05, 0.1) is 29.9 Å². The van der Waals surface area contributed by atoms with Gasteiger partial charge in [-0.15, -0.1) is 0 Å². The van der Waals surface area contributed by atoms with E-state index in [9.17, 15) is 4.79 Å². The van der Waals surface area contributed by atoms with Crippen LogP contribution in [0.4, 0.5) is 11.5 Å². The van der Waals surface area contributed by atoms with Gasteiger partial charge in [0.25, 0.3) is 0 Å². The molecule has 3 heterocycles. The minimum Gasteiger partial charge on any atom is -0.462 e. The number of nitrogens with two attached hydrogens (primary N) is 1. The second-order valence-corrected chi connectivity index (χ2v) is 8.06. The number of fused-ring (bicyclic) bond motifs is 2. The lowest BCUT2D eigenvalue weighted by Crippen LogP contribution is -2.46. The first-order valence-corrected chi connectivity index (χ1v) is 11.2. The number of esters is 1. The molecule has 2 aromatic carbocycles. The first kappa shape index (κ1) is 21.1. The van der Waals surface area contributed by atoms with Gasteiger partial charge in [-0.25, -0.2) is 14.8 Å². The van der Waals surface area contributed by atoms with E-state index in [4.69, 9.17) is 15.5 Å². The number of nitrogens with zero attached hydrogens (tertiary/aromatic N) is 5. The summed E-state index contributed by atoms with van der Waals surface area (Å²) < 4.78 is 5.31. The van der Waals surface area contributed by atoms with Gasteiger partial charge in [0, 0.05) is 43.1 Å². The number of nitrogen functional groups attached to an aromatic ring is 1. The Morgan fingerprint density at radius 1 is 0.970 bits per heavy atom. The average molecular weight is 443 g/mol. The van der Waals surface area contributed by atoms with Gasteiger partial charge >= 0.3 is 5.97 Å². The van der Waals surface area contributed by atoms with Crippen LogP contribution in [0.2, 0.25) is 0 Å². The Morgan fingerprint density at radius 2 is 1.67 bits per heavy atom. The molecular formula is C25H26N6O2. The second kappa shape index (κ2) is 8.99. The van der Waals surface area contributed by atoms with E-state index in [2.05, 4.69) is 19.8 Å². The SMILES string of the molecule is CCOC(=O)c1cnc2ccccc2c1N1CCN(Cc2nc(N)c3ccccc3n2)CC1. The molecule has 0 unspecified atom stereocenters. The number of benzene rings is 2. The summed E-state index contributed by atoms with van der Waals surface area (Å²) >= 11 is 0. The van der Waals surface area contributed by atoms with Crippen molar-refractivity contribution in [3.8, 4) is 0 Å². The van der Waals surface area contributed by atoms with E-state index in [1.807, 2.05) is 55.5 Å². The number of hydrogen-bond donors (Lipinski definition) is 1. The Labute approximate surface area is 192 Å². The highest BCUT2D eigenvalue weighted by Gasteiger charge is 2.25. The van der Waals surface area contributed by atoms with Gasteiger partial charge < -0.3 is 15.4 Å². The number of rotatable bonds is 5. The number of ether oxygens (including phenoxy) is 1. The Balaban J connectivity index is 1.37. The van der Waals surface area contributed by atoms with E-state index in [-0.39, 0.29) is 5.97 Å². The van der Waals surface area contributed by atoms with E-state index < -0.39 is 0 Å². The molecule has 0 aliphatic carbocycles. The van der Waals surface area contributed by atoms with Gasteiger partial charge in [-0.1, -0.05) is 30.3 Å². The Kier molecular flexibility index (Phi) is 5.75. The Hall–Kier alpha value is -3.78. The standard InChI is InChI=1S/C25H26N6O2/c1-2-33-25(32)19-15-27-20-9-5-3-7-17(20)23(19)31-13-11-30(12-14-31)16-22-28-21-10-6-4-8-18(21)24(26)29-22/h3-10,15H,2,11-14,16H2,1H3,(H2,26,28,29). The minimum atomic E-state index is -0.340. The van der Waals surface area contributed by atoms with Crippen LogP contribution < -0.4 is 10.6 Å². The molecule has 2 N–H and O–H groups in total. The quantitative estimate of drug-likeness (QED) is 0.471. The van der Waals surface area contributed by atoms with Crippen LogP contribution in [0.25, 0.3) is 21.8 Å². The third kappa shape index (κ3) is 4.17. The van der Waals surface area contributed by atoms with E-state index in [1.54, 1.807) is 6.20 Å². The van der Waals surface area contributed by atoms with Crippen molar-refractivity contribution in [1.29, 1.82) is 0 Å². The molecule has 1 fully saturated rings. The van der Waals surface area contributed by atoms with Crippen LogP contribution in [0.5, 0.6) is 0 Å². The third-order valence-corrected chi connectivity index (χ3v) is 5.97. The topological polar surface area (TPSA) is 97.5 Å². The van der Waals surface area contributed by atoms with Crippen LogP contribution in [0.1, 0.15) is 23.1 Å². The minimum absolute atomic E-state index is 0.327. The van der Waals surface area contributed by atoms with Gasteiger partial charge in [0.1, 0.15) is 17.2 Å². The zero-order valence-electron chi connectivity index (χ0n) is 18.6. The molecule has 0 amide bonds. The Morgan fingerprint density at radius 3 is 2.42 bits per heavy atom. The number of hydrogen-bond acceptors (Lipinski definition) is 8. The summed E-state index contributed by atoms with van der Waals surface area (Å²) in [5.74, 6) is 0.894. The lowest BCUT2D eigenvalue weighted by atomic mass is 10.1. The van der Waals surface area contributed by atoms with Crippen LogP contribution >= 0.6 is 0 Å². The number of carbonyl (C=O) groups is 1. The van der Waals surface area contributed by atoms with Crippen molar-refractivity contribution >= 4 is 39.3 Å². The van der Waals surface area contributed by atoms with E-state index >= 15 is 0 Å². The summed E-state index contributed by atoms with van der Waals surface area (Å²) in [5, 5.41) is 1.84. The predicted octanol–water partition coefficient (Wildman–Crippen LogP) is 3.26. The van der Waals surface area contributed by atoms with Gasteiger partial charge in [-0.05, 0) is 25.1 Å². The fraction of sp³-hybridized carbons (Fsp3) is 0.280. The number of para-hydroxylation sites is 2. The smallest absolute Gasteiger partial charge is 0.341 e. The number of carbonyl (C=O) groups excluding carboxylic acids is 1. The number of piperazine rings is 1. The van der Waals surface area contributed by atoms with Crippen LogP contribution in [0.15, 0.2) is 54.7 Å². The molecule has 1 saturated heterocycles. The molecule has 1 aliphatic heterocycles. The molecule has 33 heavy (non-hydrogen) atoms. The van der Waals surface area contributed by atoms with Gasteiger partial charge in [-0.3, -0.25) is 9.88 Å². The normalized spacial score (nSPS) is 14.6. The zero-order valence-corrected chi connectivity index (χ0v) is 18.6. The zero-order chi connectivity index (χ0) is 22.8. The molecular weight excluding hydrogens is 416 g/mol. The summed E-state index contributed by atoms with van der Waals surface area (Å²) in [4.78, 5) is 30.9. The van der Waals surface area contributed by atoms with Gasteiger partial charge in [-0.2, -0.15) is 0 Å². The van der Waals surface area contributed by atoms with Crippen LogP contribution in [-0.2, 0) is 11.3 Å². The molecule has 2 aromatic heterocycles. The van der Waals surface area contributed by atoms with Crippen molar-refractivity contribution in [1.82, 2.24) is 19.9 Å². The molecule has 0 bridgehead atoms. The lowest BCUT2D eigenvalue weighted by molar-refractivity contribution is 0.0526. The summed E-state index contributed by atoms with van der Waals surface area (Å²) in [5.41, 5.74) is 9.28.